The highest BCUT2D eigenvalue weighted by molar-refractivity contribution is 5.81. The number of amides is 1. The van der Waals surface area contributed by atoms with Crippen LogP contribution in [0.4, 0.5) is 0 Å². The number of fused-ring (bicyclic) bond motifs is 1. The molecule has 1 amide bonds. The lowest BCUT2D eigenvalue weighted by atomic mass is 10.0. The Morgan fingerprint density at radius 1 is 1.15 bits per heavy atom. The quantitative estimate of drug-likeness (QED) is 0.725. The number of para-hydroxylation sites is 2. The zero-order valence-electron chi connectivity index (χ0n) is 15.4. The van der Waals surface area contributed by atoms with Crippen molar-refractivity contribution in [3.63, 3.8) is 0 Å². The first-order valence-corrected chi connectivity index (χ1v) is 9.42. The maximum atomic E-state index is 12.0. The molecule has 1 saturated carbocycles. The Bertz CT molecular complexity index is 920. The van der Waals surface area contributed by atoms with Crippen LogP contribution in [0, 0.1) is 5.92 Å². The molecule has 1 aliphatic carbocycles. The molecule has 1 aromatic heterocycles. The van der Waals surface area contributed by atoms with Crippen molar-refractivity contribution in [1.29, 1.82) is 0 Å². The maximum Gasteiger partial charge on any atom is 0.223 e. The number of rotatable bonds is 6. The second-order valence-electron chi connectivity index (χ2n) is 7.49. The number of hydrogen-bond donors (Lipinski definition) is 1. The van der Waals surface area contributed by atoms with Gasteiger partial charge >= 0.3 is 0 Å². The van der Waals surface area contributed by atoms with E-state index in [1.54, 1.807) is 0 Å². The molecule has 1 fully saturated rings. The van der Waals surface area contributed by atoms with Gasteiger partial charge in [0.2, 0.25) is 5.91 Å². The SMILES string of the molecule is CC(C)c1ccc(Cn2c(CNC(=O)C3CC3)nc3ccccc32)cc1. The lowest BCUT2D eigenvalue weighted by molar-refractivity contribution is -0.122. The predicted molar refractivity (Wildman–Crippen MR) is 104 cm³/mol. The molecule has 0 saturated heterocycles. The summed E-state index contributed by atoms with van der Waals surface area (Å²) in [6.07, 6.45) is 2.04. The van der Waals surface area contributed by atoms with Crippen LogP contribution in [0.5, 0.6) is 0 Å². The molecule has 0 radical (unpaired) electrons. The lowest BCUT2D eigenvalue weighted by Gasteiger charge is -2.12. The normalized spacial score (nSPS) is 14.1. The molecule has 4 rings (SSSR count). The van der Waals surface area contributed by atoms with Gasteiger partial charge in [-0.3, -0.25) is 4.79 Å². The third-order valence-corrected chi connectivity index (χ3v) is 5.09. The minimum absolute atomic E-state index is 0.157. The Morgan fingerprint density at radius 2 is 1.88 bits per heavy atom. The molecule has 4 nitrogen and oxygen atoms in total. The first-order valence-electron chi connectivity index (χ1n) is 9.42. The zero-order valence-corrected chi connectivity index (χ0v) is 15.4. The van der Waals surface area contributed by atoms with Crippen molar-refractivity contribution in [2.75, 3.05) is 0 Å². The molecule has 0 aliphatic heterocycles. The van der Waals surface area contributed by atoms with Crippen LogP contribution in [-0.4, -0.2) is 15.5 Å². The summed E-state index contributed by atoms with van der Waals surface area (Å²) in [6, 6.07) is 16.9. The zero-order chi connectivity index (χ0) is 18.1. The van der Waals surface area contributed by atoms with Crippen molar-refractivity contribution in [1.82, 2.24) is 14.9 Å². The number of aromatic nitrogens is 2. The van der Waals surface area contributed by atoms with Crippen LogP contribution >= 0.6 is 0 Å². The van der Waals surface area contributed by atoms with E-state index >= 15 is 0 Å². The van der Waals surface area contributed by atoms with Crippen LogP contribution in [0.3, 0.4) is 0 Å². The Hall–Kier alpha value is -2.62. The van der Waals surface area contributed by atoms with Crippen molar-refractivity contribution in [2.45, 2.75) is 45.7 Å². The van der Waals surface area contributed by atoms with Gasteiger partial charge in [0.15, 0.2) is 0 Å². The van der Waals surface area contributed by atoms with E-state index in [0.29, 0.717) is 12.5 Å². The second-order valence-corrected chi connectivity index (χ2v) is 7.49. The van der Waals surface area contributed by atoms with Gasteiger partial charge in [0.25, 0.3) is 0 Å². The molecule has 4 heteroatoms. The number of hydrogen-bond acceptors (Lipinski definition) is 2. The van der Waals surface area contributed by atoms with Gasteiger partial charge in [0.05, 0.1) is 17.6 Å². The van der Waals surface area contributed by atoms with E-state index < -0.39 is 0 Å². The molecule has 0 unspecified atom stereocenters. The molecule has 1 aliphatic rings. The first kappa shape index (κ1) is 16.8. The smallest absolute Gasteiger partial charge is 0.223 e. The molecule has 1 N–H and O–H groups in total. The topological polar surface area (TPSA) is 46.9 Å². The van der Waals surface area contributed by atoms with Crippen LogP contribution < -0.4 is 5.32 Å². The predicted octanol–water partition coefficient (Wildman–Crippen LogP) is 4.23. The second kappa shape index (κ2) is 6.94. The van der Waals surface area contributed by atoms with Gasteiger partial charge in [0, 0.05) is 12.5 Å². The highest BCUT2D eigenvalue weighted by atomic mass is 16.2. The summed E-state index contributed by atoms with van der Waals surface area (Å²) in [6.45, 7) is 5.65. The molecule has 0 bridgehead atoms. The summed E-state index contributed by atoms with van der Waals surface area (Å²) in [5.74, 6) is 1.82. The van der Waals surface area contributed by atoms with E-state index in [4.69, 9.17) is 4.98 Å². The molecule has 0 spiro atoms. The highest BCUT2D eigenvalue weighted by Gasteiger charge is 2.29. The van der Waals surface area contributed by atoms with Gasteiger partial charge in [0.1, 0.15) is 5.82 Å². The Morgan fingerprint density at radius 3 is 2.58 bits per heavy atom. The summed E-state index contributed by atoms with van der Waals surface area (Å²) in [7, 11) is 0. The third-order valence-electron chi connectivity index (χ3n) is 5.09. The Balaban J connectivity index is 1.61. The van der Waals surface area contributed by atoms with E-state index in [-0.39, 0.29) is 11.8 Å². The van der Waals surface area contributed by atoms with E-state index in [2.05, 4.69) is 54.1 Å². The molecular weight excluding hydrogens is 322 g/mol. The summed E-state index contributed by atoms with van der Waals surface area (Å²) < 4.78 is 2.22. The molecule has 3 aromatic rings. The van der Waals surface area contributed by atoms with Gasteiger partial charge in [-0.15, -0.1) is 0 Å². The van der Waals surface area contributed by atoms with Crippen LogP contribution in [0.25, 0.3) is 11.0 Å². The minimum Gasteiger partial charge on any atom is -0.349 e. The van der Waals surface area contributed by atoms with Crippen LogP contribution in [0.1, 0.15) is 49.6 Å². The fraction of sp³-hybridized carbons (Fsp3) is 0.364. The highest BCUT2D eigenvalue weighted by Crippen LogP contribution is 2.29. The monoisotopic (exact) mass is 347 g/mol. The fourth-order valence-electron chi connectivity index (χ4n) is 3.28. The van der Waals surface area contributed by atoms with E-state index in [9.17, 15) is 4.79 Å². The van der Waals surface area contributed by atoms with Gasteiger partial charge in [-0.05, 0) is 42.0 Å². The van der Waals surface area contributed by atoms with Gasteiger partial charge < -0.3 is 9.88 Å². The first-order chi connectivity index (χ1) is 12.6. The lowest BCUT2D eigenvalue weighted by Crippen LogP contribution is -2.26. The van der Waals surface area contributed by atoms with Crippen LogP contribution in [0.15, 0.2) is 48.5 Å². The number of carbonyl (C=O) groups is 1. The Kier molecular flexibility index (Phi) is 4.49. The largest absolute Gasteiger partial charge is 0.349 e. The van der Waals surface area contributed by atoms with Gasteiger partial charge in [-0.1, -0.05) is 50.2 Å². The van der Waals surface area contributed by atoms with Gasteiger partial charge in [-0.2, -0.15) is 0 Å². The number of nitrogens with one attached hydrogen (secondary N) is 1. The molecule has 26 heavy (non-hydrogen) atoms. The molecule has 134 valence electrons. The van der Waals surface area contributed by atoms with E-state index in [0.717, 1.165) is 36.2 Å². The summed E-state index contributed by atoms with van der Waals surface area (Å²) in [5, 5.41) is 3.05. The molecule has 2 aromatic carbocycles. The number of imidazole rings is 1. The average molecular weight is 347 g/mol. The van der Waals surface area contributed by atoms with Crippen molar-refractivity contribution in [3.05, 3.63) is 65.5 Å². The van der Waals surface area contributed by atoms with Crippen LogP contribution in [-0.2, 0) is 17.9 Å². The maximum absolute atomic E-state index is 12.0. The standard InChI is InChI=1S/C22H25N3O/c1-15(2)17-9-7-16(8-10-17)14-25-20-6-4-3-5-19(20)24-21(25)13-23-22(26)18-11-12-18/h3-10,15,18H,11-14H2,1-2H3,(H,23,26). The van der Waals surface area contributed by atoms with Crippen LogP contribution in [0.2, 0.25) is 0 Å². The number of nitrogens with zero attached hydrogens (tertiary/aromatic N) is 2. The van der Waals surface area contributed by atoms with Crippen molar-refractivity contribution in [2.24, 2.45) is 5.92 Å². The van der Waals surface area contributed by atoms with Crippen molar-refractivity contribution in [3.8, 4) is 0 Å². The number of benzene rings is 2. The third kappa shape index (κ3) is 3.50. The Labute approximate surface area is 154 Å². The molecule has 1 heterocycles. The minimum atomic E-state index is 0.157. The summed E-state index contributed by atoms with van der Waals surface area (Å²) >= 11 is 0. The molecular formula is C22H25N3O. The van der Waals surface area contributed by atoms with Crippen molar-refractivity contribution >= 4 is 16.9 Å². The van der Waals surface area contributed by atoms with Gasteiger partial charge in [-0.25, -0.2) is 4.98 Å². The van der Waals surface area contributed by atoms with E-state index in [1.165, 1.54) is 11.1 Å². The fourth-order valence-corrected chi connectivity index (χ4v) is 3.28. The molecule has 0 atom stereocenters. The summed E-state index contributed by atoms with van der Waals surface area (Å²) in [5.41, 5.74) is 4.67. The van der Waals surface area contributed by atoms with Crippen molar-refractivity contribution < 1.29 is 4.79 Å². The number of carbonyl (C=O) groups excluding carboxylic acids is 1. The average Bonchev–Trinajstić information content (AvgIpc) is 3.44. The summed E-state index contributed by atoms with van der Waals surface area (Å²) in [4.78, 5) is 16.8. The van der Waals surface area contributed by atoms with E-state index in [1.807, 2.05) is 18.2 Å².